The summed E-state index contributed by atoms with van der Waals surface area (Å²) < 4.78 is 5.17. The molecule has 6 nitrogen and oxygen atoms in total. The Kier molecular flexibility index (Phi) is 5.49. The van der Waals surface area contributed by atoms with Crippen molar-refractivity contribution >= 4 is 28.7 Å². The van der Waals surface area contributed by atoms with Crippen LogP contribution in [0.3, 0.4) is 0 Å². The van der Waals surface area contributed by atoms with Gasteiger partial charge >= 0.3 is 6.09 Å². The van der Waals surface area contributed by atoms with Gasteiger partial charge in [0.1, 0.15) is 11.4 Å². The van der Waals surface area contributed by atoms with Crippen molar-refractivity contribution in [1.29, 1.82) is 0 Å². The number of hydrogen-bond acceptors (Lipinski definition) is 4. The lowest BCUT2D eigenvalue weighted by Crippen LogP contribution is -2.33. The Balaban J connectivity index is 1.80. The van der Waals surface area contributed by atoms with Crippen LogP contribution in [0.2, 0.25) is 5.02 Å². The molecule has 4 N–H and O–H groups in total. The largest absolute Gasteiger partial charge is 0.444 e. The quantitative estimate of drug-likeness (QED) is 0.727. The maximum Gasteiger partial charge on any atom is 0.407 e. The van der Waals surface area contributed by atoms with Gasteiger partial charge in [-0.15, -0.1) is 0 Å². The number of carbonyl (C=O) groups is 1. The maximum absolute atomic E-state index is 11.5. The molecule has 0 aliphatic rings. The number of H-pyrrole nitrogens is 1. The van der Waals surface area contributed by atoms with Crippen LogP contribution in [-0.2, 0) is 4.74 Å². The number of aromatic amines is 1. The van der Waals surface area contributed by atoms with E-state index >= 15 is 0 Å². The second-order valence-electron chi connectivity index (χ2n) is 6.46. The summed E-state index contributed by atoms with van der Waals surface area (Å²) in [5.41, 5.74) is 7.36. The lowest BCUT2D eigenvalue weighted by molar-refractivity contribution is 0.0526. The number of alkyl carbamates (subject to hydrolysis) is 1. The Hall–Kier alpha value is -1.79. The van der Waals surface area contributed by atoms with Gasteiger partial charge in [-0.3, -0.25) is 0 Å². The molecule has 2 rings (SSSR count). The summed E-state index contributed by atoms with van der Waals surface area (Å²) in [7, 11) is 0. The fraction of sp³-hybridized carbons (Fsp3) is 0.500. The van der Waals surface area contributed by atoms with Crippen LogP contribution in [0.25, 0.3) is 11.0 Å². The molecule has 1 amide bonds. The van der Waals surface area contributed by atoms with Crippen LogP contribution >= 0.6 is 11.6 Å². The fourth-order valence-corrected chi connectivity index (χ4v) is 2.31. The highest BCUT2D eigenvalue weighted by molar-refractivity contribution is 6.31. The van der Waals surface area contributed by atoms with Gasteiger partial charge in [-0.1, -0.05) is 11.6 Å². The number of benzene rings is 1. The summed E-state index contributed by atoms with van der Waals surface area (Å²) in [5, 5.41) is 3.37. The highest BCUT2D eigenvalue weighted by atomic mass is 35.5. The predicted octanol–water partition coefficient (Wildman–Crippen LogP) is 3.52. The van der Waals surface area contributed by atoms with Crippen molar-refractivity contribution in [1.82, 2.24) is 15.3 Å². The van der Waals surface area contributed by atoms with Crippen molar-refractivity contribution in [2.45, 2.75) is 45.3 Å². The molecule has 0 aliphatic carbocycles. The number of fused-ring (bicyclic) bond motifs is 1. The first-order chi connectivity index (χ1) is 10.7. The zero-order chi connectivity index (χ0) is 17.0. The van der Waals surface area contributed by atoms with Gasteiger partial charge in [-0.05, 0) is 51.8 Å². The van der Waals surface area contributed by atoms with Crippen LogP contribution in [0.15, 0.2) is 18.2 Å². The van der Waals surface area contributed by atoms with Gasteiger partial charge in [0, 0.05) is 11.6 Å². The summed E-state index contributed by atoms with van der Waals surface area (Å²) in [6.45, 7) is 6.00. The van der Waals surface area contributed by atoms with Gasteiger partial charge in [0.25, 0.3) is 0 Å². The monoisotopic (exact) mass is 338 g/mol. The normalized spacial score (nSPS) is 13.1. The second-order valence-corrected chi connectivity index (χ2v) is 6.90. The van der Waals surface area contributed by atoms with Crippen molar-refractivity contribution in [3.05, 3.63) is 29.0 Å². The van der Waals surface area contributed by atoms with Gasteiger partial charge in [0.15, 0.2) is 0 Å². The number of ether oxygens (including phenoxy) is 1. The minimum absolute atomic E-state index is 0.221. The number of nitrogens with two attached hydrogens (primary N) is 1. The van der Waals surface area contributed by atoms with Crippen LogP contribution in [0, 0.1) is 0 Å². The van der Waals surface area contributed by atoms with Crippen molar-refractivity contribution in [2.75, 3.05) is 6.54 Å². The average molecular weight is 339 g/mol. The lowest BCUT2D eigenvalue weighted by Gasteiger charge is -2.19. The van der Waals surface area contributed by atoms with E-state index < -0.39 is 11.7 Å². The van der Waals surface area contributed by atoms with Gasteiger partial charge in [-0.2, -0.15) is 0 Å². The predicted molar refractivity (Wildman–Crippen MR) is 91.5 cm³/mol. The molecular formula is C16H23ClN4O2. The van der Waals surface area contributed by atoms with E-state index in [-0.39, 0.29) is 6.04 Å². The first-order valence-electron chi connectivity index (χ1n) is 7.62. The standard InChI is InChI=1S/C16H23ClN4O2/c1-16(2,3)23-15(22)19-8-4-5-11(18)14-20-12-7-6-10(17)9-13(12)21-14/h6-7,9,11H,4-5,8,18H2,1-3H3,(H,19,22)(H,20,21)/t11-/m0/s1. The molecule has 0 bridgehead atoms. The number of amides is 1. The van der Waals surface area contributed by atoms with E-state index in [0.717, 1.165) is 23.3 Å². The summed E-state index contributed by atoms with van der Waals surface area (Å²) in [5.74, 6) is 0.722. The Morgan fingerprint density at radius 1 is 1.48 bits per heavy atom. The summed E-state index contributed by atoms with van der Waals surface area (Å²) in [4.78, 5) is 19.2. The van der Waals surface area contributed by atoms with Crippen LogP contribution < -0.4 is 11.1 Å². The summed E-state index contributed by atoms with van der Waals surface area (Å²) >= 11 is 5.95. The van der Waals surface area contributed by atoms with Gasteiger partial charge in [-0.25, -0.2) is 9.78 Å². The number of halogens is 1. The third-order valence-electron chi connectivity index (χ3n) is 3.17. The number of aromatic nitrogens is 2. The molecule has 0 radical (unpaired) electrons. The first kappa shape index (κ1) is 17.6. The third-order valence-corrected chi connectivity index (χ3v) is 3.41. The van der Waals surface area contributed by atoms with E-state index in [4.69, 9.17) is 22.1 Å². The van der Waals surface area contributed by atoms with Crippen molar-refractivity contribution in [2.24, 2.45) is 5.73 Å². The van der Waals surface area contributed by atoms with E-state index in [1.165, 1.54) is 0 Å². The second kappa shape index (κ2) is 7.19. The molecule has 7 heteroatoms. The van der Waals surface area contributed by atoms with Gasteiger partial charge in [0.05, 0.1) is 17.1 Å². The van der Waals surface area contributed by atoms with E-state index in [0.29, 0.717) is 18.0 Å². The molecule has 1 aromatic heterocycles. The van der Waals surface area contributed by atoms with Crippen LogP contribution in [-0.4, -0.2) is 28.2 Å². The summed E-state index contributed by atoms with van der Waals surface area (Å²) in [6.07, 6.45) is 1.02. The minimum Gasteiger partial charge on any atom is -0.444 e. The molecule has 23 heavy (non-hydrogen) atoms. The Labute approximate surface area is 140 Å². The Bertz CT molecular complexity index is 678. The zero-order valence-corrected chi connectivity index (χ0v) is 14.4. The van der Waals surface area contributed by atoms with Crippen LogP contribution in [0.5, 0.6) is 0 Å². The maximum atomic E-state index is 11.5. The van der Waals surface area contributed by atoms with E-state index in [2.05, 4.69) is 15.3 Å². The molecule has 0 aliphatic heterocycles. The number of hydrogen-bond donors (Lipinski definition) is 3. The Morgan fingerprint density at radius 3 is 2.91 bits per heavy atom. The number of nitrogens with one attached hydrogen (secondary N) is 2. The minimum atomic E-state index is -0.490. The molecule has 0 spiro atoms. The van der Waals surface area contributed by atoms with Crippen molar-refractivity contribution in [3.8, 4) is 0 Å². The van der Waals surface area contributed by atoms with Crippen molar-refractivity contribution < 1.29 is 9.53 Å². The molecular weight excluding hydrogens is 316 g/mol. The van der Waals surface area contributed by atoms with E-state index in [9.17, 15) is 4.79 Å². The molecule has 0 unspecified atom stereocenters. The number of nitrogens with zero attached hydrogens (tertiary/aromatic N) is 1. The molecule has 126 valence electrons. The third kappa shape index (κ3) is 5.41. The van der Waals surface area contributed by atoms with E-state index in [1.807, 2.05) is 32.9 Å². The SMILES string of the molecule is CC(C)(C)OC(=O)NCCC[C@H](N)c1nc2ccc(Cl)cc2[nH]1. The number of imidazole rings is 1. The molecule has 0 saturated heterocycles. The molecule has 1 atom stereocenters. The molecule has 0 saturated carbocycles. The van der Waals surface area contributed by atoms with Gasteiger partial charge in [0.2, 0.25) is 0 Å². The van der Waals surface area contributed by atoms with Crippen LogP contribution in [0.4, 0.5) is 4.79 Å². The molecule has 1 heterocycles. The average Bonchev–Trinajstić information content (AvgIpc) is 2.84. The zero-order valence-electron chi connectivity index (χ0n) is 13.6. The molecule has 2 aromatic rings. The highest BCUT2D eigenvalue weighted by Gasteiger charge is 2.16. The lowest BCUT2D eigenvalue weighted by atomic mass is 10.1. The smallest absolute Gasteiger partial charge is 0.407 e. The molecule has 1 aromatic carbocycles. The van der Waals surface area contributed by atoms with Gasteiger partial charge < -0.3 is 20.8 Å². The highest BCUT2D eigenvalue weighted by Crippen LogP contribution is 2.20. The number of carbonyl (C=O) groups excluding carboxylic acids is 1. The fourth-order valence-electron chi connectivity index (χ4n) is 2.14. The van der Waals surface area contributed by atoms with Crippen LogP contribution in [0.1, 0.15) is 45.5 Å². The van der Waals surface area contributed by atoms with E-state index in [1.54, 1.807) is 6.07 Å². The summed E-state index contributed by atoms with van der Waals surface area (Å²) in [6, 6.07) is 5.25. The Morgan fingerprint density at radius 2 is 2.22 bits per heavy atom. The first-order valence-corrected chi connectivity index (χ1v) is 8.00. The van der Waals surface area contributed by atoms with Crippen molar-refractivity contribution in [3.63, 3.8) is 0 Å². The topological polar surface area (TPSA) is 93.0 Å². The number of rotatable bonds is 5. The molecule has 0 fully saturated rings.